The molecule has 10 heteroatoms. The predicted molar refractivity (Wildman–Crippen MR) is 235 cm³/mol. The lowest BCUT2D eigenvalue weighted by atomic mass is 9.97. The molecule has 0 atom stereocenters. The molecule has 4 aromatic carbocycles. The number of esters is 4. The molecule has 0 heterocycles. The van der Waals surface area contributed by atoms with Gasteiger partial charge in [-0.2, -0.15) is 0 Å². The summed E-state index contributed by atoms with van der Waals surface area (Å²) in [5.74, 6) is -1.38. The van der Waals surface area contributed by atoms with E-state index in [1.807, 2.05) is 86.7 Å². The summed E-state index contributed by atoms with van der Waals surface area (Å²) in [5.41, 5.74) is 5.09. The Morgan fingerprint density at radius 3 is 1.40 bits per heavy atom. The first kappa shape index (κ1) is 45.2. The highest BCUT2D eigenvalue weighted by atomic mass is 16.6. The van der Waals surface area contributed by atoms with Crippen LogP contribution in [0.15, 0.2) is 146 Å². The van der Waals surface area contributed by atoms with E-state index in [0.717, 1.165) is 16.7 Å². The maximum absolute atomic E-state index is 12.6. The molecule has 60 heavy (non-hydrogen) atoms. The third-order valence-electron chi connectivity index (χ3n) is 8.35. The van der Waals surface area contributed by atoms with Crippen molar-refractivity contribution in [2.45, 2.75) is 41.5 Å². The van der Waals surface area contributed by atoms with Crippen LogP contribution in [0.2, 0.25) is 0 Å². The molecule has 0 aliphatic heterocycles. The number of hydrogen-bond donors (Lipinski definition) is 0. The van der Waals surface area contributed by atoms with Crippen LogP contribution in [0.3, 0.4) is 0 Å². The summed E-state index contributed by atoms with van der Waals surface area (Å²) in [6, 6.07) is 21.3. The summed E-state index contributed by atoms with van der Waals surface area (Å²) in [4.78, 5) is 49.7. The number of allylic oxidation sites excluding steroid dienone is 2. The van der Waals surface area contributed by atoms with E-state index in [1.165, 1.54) is 33.8 Å². The van der Waals surface area contributed by atoms with Gasteiger partial charge in [0.25, 0.3) is 0 Å². The van der Waals surface area contributed by atoms with E-state index in [-0.39, 0.29) is 51.9 Å². The molecular formula is C50H48O10. The van der Waals surface area contributed by atoms with Gasteiger partial charge in [0.1, 0.15) is 24.7 Å². The van der Waals surface area contributed by atoms with Gasteiger partial charge in [-0.15, -0.1) is 0 Å². The second-order valence-corrected chi connectivity index (χ2v) is 13.6. The molecule has 0 bridgehead atoms. The van der Waals surface area contributed by atoms with Crippen molar-refractivity contribution in [1.29, 1.82) is 0 Å². The lowest BCUT2D eigenvalue weighted by Crippen LogP contribution is -2.12. The molecule has 0 radical (unpaired) electrons. The van der Waals surface area contributed by atoms with Gasteiger partial charge in [0, 0.05) is 33.4 Å². The SMILES string of the molecule is C=C(C)C(=O)Oc1ccc(/C=C/c2ccc(-c3ccc(-c4ccc(OC(=O)C(=C)C)c(OC(=O)C(=C)C)c4)c(OC/C=C/C)c3)cc2OC/C=C/C)cc1OC(=O)C(=C)C. The lowest BCUT2D eigenvalue weighted by molar-refractivity contribution is -0.132. The van der Waals surface area contributed by atoms with E-state index >= 15 is 0 Å². The van der Waals surface area contributed by atoms with Gasteiger partial charge in [-0.3, -0.25) is 0 Å². The highest BCUT2D eigenvalue weighted by Gasteiger charge is 2.19. The number of carbonyl (C=O) groups is 4. The van der Waals surface area contributed by atoms with Gasteiger partial charge in [-0.25, -0.2) is 19.2 Å². The van der Waals surface area contributed by atoms with Crippen LogP contribution in [0.5, 0.6) is 34.5 Å². The molecule has 0 aliphatic carbocycles. The zero-order chi connectivity index (χ0) is 43.9. The lowest BCUT2D eigenvalue weighted by Gasteiger charge is -2.16. The Bertz CT molecular complexity index is 2440. The number of carbonyl (C=O) groups excluding carboxylic acids is 4. The van der Waals surface area contributed by atoms with Crippen molar-refractivity contribution in [3.05, 3.63) is 157 Å². The summed E-state index contributed by atoms with van der Waals surface area (Å²) in [6.45, 7) is 25.0. The first-order chi connectivity index (χ1) is 28.6. The standard InChI is InChI=1S/C50H48O10/c1-11-13-25-55-43-28-37(19-18-36(43)17-15-35-16-23-41(57-47(51)31(3)4)45(27-35)59-49(53)33(7)8)38-20-22-40(44(29-38)56-26-14-12-2)39-21-24-42(58-48(52)32(5)6)46(30-39)60-50(54)34(9)10/h11-24,27-30H,3,5,7,9,25-26H2,1-2,4,6,8,10H3/b13-11+,14-12+,17-15+. The van der Waals surface area contributed by atoms with Crippen molar-refractivity contribution in [1.82, 2.24) is 0 Å². The molecule has 0 aliphatic rings. The van der Waals surface area contributed by atoms with E-state index < -0.39 is 23.9 Å². The molecule has 10 nitrogen and oxygen atoms in total. The summed E-state index contributed by atoms with van der Waals surface area (Å²) >= 11 is 0. The zero-order valence-corrected chi connectivity index (χ0v) is 34.7. The Balaban J connectivity index is 1.76. The fourth-order valence-corrected chi connectivity index (χ4v) is 5.07. The van der Waals surface area contributed by atoms with Crippen LogP contribution >= 0.6 is 0 Å². The molecule has 0 spiro atoms. The zero-order valence-electron chi connectivity index (χ0n) is 34.7. The molecule has 4 rings (SSSR count). The summed E-state index contributed by atoms with van der Waals surface area (Å²) in [7, 11) is 0. The normalized spacial score (nSPS) is 11.0. The third kappa shape index (κ3) is 12.5. The molecular weight excluding hydrogens is 761 g/mol. The first-order valence-electron chi connectivity index (χ1n) is 18.8. The number of hydrogen-bond acceptors (Lipinski definition) is 10. The van der Waals surface area contributed by atoms with E-state index in [1.54, 1.807) is 30.3 Å². The van der Waals surface area contributed by atoms with Gasteiger partial charge in [0.2, 0.25) is 0 Å². The van der Waals surface area contributed by atoms with Gasteiger partial charge in [-0.05, 0) is 100 Å². The number of ether oxygens (including phenoxy) is 6. The van der Waals surface area contributed by atoms with Crippen molar-refractivity contribution in [2.75, 3.05) is 13.2 Å². The van der Waals surface area contributed by atoms with E-state index in [0.29, 0.717) is 34.8 Å². The van der Waals surface area contributed by atoms with E-state index in [4.69, 9.17) is 28.4 Å². The Hall–Kier alpha value is -7.46. The molecule has 4 aromatic rings. The minimum atomic E-state index is -0.682. The minimum absolute atomic E-state index is 0.0244. The van der Waals surface area contributed by atoms with Crippen molar-refractivity contribution < 1.29 is 47.6 Å². The molecule has 0 saturated heterocycles. The van der Waals surface area contributed by atoms with Crippen LogP contribution in [0, 0.1) is 0 Å². The second-order valence-electron chi connectivity index (χ2n) is 13.6. The summed E-state index contributed by atoms with van der Waals surface area (Å²) in [6.07, 6.45) is 11.2. The van der Waals surface area contributed by atoms with Crippen LogP contribution in [0.1, 0.15) is 52.7 Å². The van der Waals surface area contributed by atoms with Crippen LogP contribution in [0.25, 0.3) is 34.4 Å². The Labute approximate surface area is 351 Å². The van der Waals surface area contributed by atoms with Crippen LogP contribution < -0.4 is 28.4 Å². The van der Waals surface area contributed by atoms with Gasteiger partial charge in [0.15, 0.2) is 23.0 Å². The molecule has 0 saturated carbocycles. The van der Waals surface area contributed by atoms with Crippen molar-refractivity contribution in [2.24, 2.45) is 0 Å². The highest BCUT2D eigenvalue weighted by molar-refractivity contribution is 5.93. The monoisotopic (exact) mass is 808 g/mol. The maximum Gasteiger partial charge on any atom is 0.338 e. The summed E-state index contributed by atoms with van der Waals surface area (Å²) in [5, 5.41) is 0. The van der Waals surface area contributed by atoms with Gasteiger partial charge >= 0.3 is 23.9 Å². The Morgan fingerprint density at radius 2 is 0.883 bits per heavy atom. The molecule has 0 fully saturated rings. The van der Waals surface area contributed by atoms with Gasteiger partial charge in [0.05, 0.1) is 0 Å². The van der Waals surface area contributed by atoms with Gasteiger partial charge in [-0.1, -0.05) is 99.2 Å². The Morgan fingerprint density at radius 1 is 0.467 bits per heavy atom. The average Bonchev–Trinajstić information content (AvgIpc) is 3.21. The third-order valence-corrected chi connectivity index (χ3v) is 8.35. The average molecular weight is 809 g/mol. The maximum atomic E-state index is 12.6. The first-order valence-corrected chi connectivity index (χ1v) is 18.8. The molecule has 308 valence electrons. The summed E-state index contributed by atoms with van der Waals surface area (Å²) < 4.78 is 34.4. The van der Waals surface area contributed by atoms with Crippen LogP contribution in [-0.4, -0.2) is 37.1 Å². The highest BCUT2D eigenvalue weighted by Crippen LogP contribution is 2.40. The van der Waals surface area contributed by atoms with Crippen LogP contribution in [0.4, 0.5) is 0 Å². The Kier molecular flexibility index (Phi) is 16.1. The second kappa shape index (κ2) is 21.3. The largest absolute Gasteiger partial charge is 0.489 e. The number of rotatable bonds is 18. The molecule has 0 aromatic heterocycles. The smallest absolute Gasteiger partial charge is 0.338 e. The van der Waals surface area contributed by atoms with Crippen molar-refractivity contribution >= 4 is 36.0 Å². The van der Waals surface area contributed by atoms with E-state index in [2.05, 4.69) is 26.3 Å². The predicted octanol–water partition coefficient (Wildman–Crippen LogP) is 11.0. The quantitative estimate of drug-likeness (QED) is 0.0315. The molecule has 0 unspecified atom stereocenters. The van der Waals surface area contributed by atoms with Crippen LogP contribution in [-0.2, 0) is 19.2 Å². The topological polar surface area (TPSA) is 124 Å². The minimum Gasteiger partial charge on any atom is -0.489 e. The van der Waals surface area contributed by atoms with Crippen molar-refractivity contribution in [3.63, 3.8) is 0 Å². The van der Waals surface area contributed by atoms with E-state index in [9.17, 15) is 19.2 Å². The number of benzene rings is 4. The molecule has 0 N–H and O–H groups in total. The van der Waals surface area contributed by atoms with Crippen molar-refractivity contribution in [3.8, 4) is 56.8 Å². The van der Waals surface area contributed by atoms with Gasteiger partial charge < -0.3 is 28.4 Å². The molecule has 0 amide bonds. The fraction of sp³-hybridized carbons (Fsp3) is 0.160. The fourth-order valence-electron chi connectivity index (χ4n) is 5.07.